The molecule has 2 heterocycles. The zero-order valence-electron chi connectivity index (χ0n) is 14.9. The summed E-state index contributed by atoms with van der Waals surface area (Å²) in [5.74, 6) is 0.342. The first-order valence-corrected chi connectivity index (χ1v) is 9.12. The number of hydrogen-bond acceptors (Lipinski definition) is 5. The van der Waals surface area contributed by atoms with E-state index in [0.717, 1.165) is 25.7 Å². The SMILES string of the molecule is Nc1nc(-c2ccccn2)ncc1C(=O)NC1CCCc2ccccc2C1. The van der Waals surface area contributed by atoms with E-state index in [4.69, 9.17) is 5.73 Å². The highest BCUT2D eigenvalue weighted by molar-refractivity contribution is 5.98. The number of hydrogen-bond donors (Lipinski definition) is 2. The van der Waals surface area contributed by atoms with Crippen molar-refractivity contribution in [3.05, 3.63) is 71.5 Å². The maximum atomic E-state index is 12.7. The molecule has 0 bridgehead atoms. The van der Waals surface area contributed by atoms with Crippen molar-refractivity contribution in [1.82, 2.24) is 20.3 Å². The average molecular weight is 359 g/mol. The number of nitrogens with two attached hydrogens (primary N) is 1. The van der Waals surface area contributed by atoms with Gasteiger partial charge in [-0.25, -0.2) is 9.97 Å². The molecule has 6 heteroatoms. The number of anilines is 1. The molecule has 2 aromatic heterocycles. The molecule has 3 N–H and O–H groups in total. The molecule has 1 aliphatic rings. The number of carbonyl (C=O) groups is 1. The summed E-state index contributed by atoms with van der Waals surface area (Å²) in [6, 6.07) is 14.0. The first-order chi connectivity index (χ1) is 13.2. The molecule has 1 aliphatic carbocycles. The Bertz CT molecular complexity index is 958. The van der Waals surface area contributed by atoms with Crippen LogP contribution in [0.4, 0.5) is 5.82 Å². The van der Waals surface area contributed by atoms with E-state index >= 15 is 0 Å². The fourth-order valence-electron chi connectivity index (χ4n) is 3.48. The number of aromatic nitrogens is 3. The Hall–Kier alpha value is -3.28. The molecule has 6 nitrogen and oxygen atoms in total. The first-order valence-electron chi connectivity index (χ1n) is 9.12. The van der Waals surface area contributed by atoms with Crippen LogP contribution in [0.5, 0.6) is 0 Å². The summed E-state index contributed by atoms with van der Waals surface area (Å²) in [4.78, 5) is 25.4. The minimum absolute atomic E-state index is 0.0796. The van der Waals surface area contributed by atoms with Crippen LogP contribution >= 0.6 is 0 Å². The number of nitrogen functional groups attached to an aromatic ring is 1. The Morgan fingerprint density at radius 3 is 2.67 bits per heavy atom. The third kappa shape index (κ3) is 3.79. The number of benzene rings is 1. The van der Waals surface area contributed by atoms with Crippen molar-refractivity contribution < 1.29 is 4.79 Å². The molecule has 0 fully saturated rings. The lowest BCUT2D eigenvalue weighted by atomic mass is 10.0. The Morgan fingerprint density at radius 1 is 1.07 bits per heavy atom. The average Bonchev–Trinajstić information content (AvgIpc) is 2.90. The fraction of sp³-hybridized carbons (Fsp3) is 0.238. The summed E-state index contributed by atoms with van der Waals surface area (Å²) in [5, 5.41) is 3.10. The fourth-order valence-corrected chi connectivity index (χ4v) is 3.48. The zero-order valence-corrected chi connectivity index (χ0v) is 14.9. The lowest BCUT2D eigenvalue weighted by molar-refractivity contribution is 0.0935. The predicted molar refractivity (Wildman–Crippen MR) is 104 cm³/mol. The lowest BCUT2D eigenvalue weighted by Gasteiger charge is -2.17. The zero-order chi connectivity index (χ0) is 18.6. The second-order valence-corrected chi connectivity index (χ2v) is 6.74. The molecule has 3 aromatic rings. The Labute approximate surface area is 157 Å². The minimum atomic E-state index is -0.232. The molecule has 0 radical (unpaired) electrons. The van der Waals surface area contributed by atoms with Crippen LogP contribution in [0.2, 0.25) is 0 Å². The maximum Gasteiger partial charge on any atom is 0.256 e. The van der Waals surface area contributed by atoms with Gasteiger partial charge in [-0.05, 0) is 48.9 Å². The number of nitrogens with one attached hydrogen (secondary N) is 1. The van der Waals surface area contributed by atoms with Gasteiger partial charge in [-0.3, -0.25) is 9.78 Å². The van der Waals surface area contributed by atoms with Gasteiger partial charge in [0.1, 0.15) is 11.5 Å². The number of aryl methyl sites for hydroxylation is 1. The Kier molecular flexibility index (Phi) is 4.78. The van der Waals surface area contributed by atoms with Gasteiger partial charge >= 0.3 is 0 Å². The van der Waals surface area contributed by atoms with Crippen LogP contribution in [0.1, 0.15) is 34.3 Å². The van der Waals surface area contributed by atoms with Gasteiger partial charge in [-0.2, -0.15) is 0 Å². The van der Waals surface area contributed by atoms with Gasteiger partial charge in [-0.1, -0.05) is 30.3 Å². The van der Waals surface area contributed by atoms with Crippen LogP contribution in [0, 0.1) is 0 Å². The van der Waals surface area contributed by atoms with E-state index in [1.807, 2.05) is 18.2 Å². The van der Waals surface area contributed by atoms with Gasteiger partial charge < -0.3 is 11.1 Å². The van der Waals surface area contributed by atoms with Gasteiger partial charge in [-0.15, -0.1) is 0 Å². The highest BCUT2D eigenvalue weighted by atomic mass is 16.1. The smallest absolute Gasteiger partial charge is 0.256 e. The summed E-state index contributed by atoms with van der Waals surface area (Å²) in [7, 11) is 0. The second-order valence-electron chi connectivity index (χ2n) is 6.74. The first kappa shape index (κ1) is 17.1. The molecule has 1 atom stereocenters. The van der Waals surface area contributed by atoms with E-state index in [0.29, 0.717) is 17.1 Å². The quantitative estimate of drug-likeness (QED) is 0.701. The van der Waals surface area contributed by atoms with Gasteiger partial charge in [0.15, 0.2) is 5.82 Å². The number of carbonyl (C=O) groups excluding carboxylic acids is 1. The highest BCUT2D eigenvalue weighted by Crippen LogP contribution is 2.21. The standard InChI is InChI=1S/C21H21N5O/c22-19-17(13-24-20(26-19)18-10-3-4-11-23-18)21(27)25-16-9-5-8-14-6-1-2-7-15(14)12-16/h1-4,6-7,10-11,13,16H,5,8-9,12H2,(H,25,27)(H2,22,24,26). The highest BCUT2D eigenvalue weighted by Gasteiger charge is 2.21. The molecule has 27 heavy (non-hydrogen) atoms. The van der Waals surface area contributed by atoms with Gasteiger partial charge in [0.2, 0.25) is 0 Å². The van der Waals surface area contributed by atoms with Crippen LogP contribution in [-0.2, 0) is 12.8 Å². The normalized spacial score (nSPS) is 16.2. The van der Waals surface area contributed by atoms with Crippen molar-refractivity contribution >= 4 is 11.7 Å². The van der Waals surface area contributed by atoms with E-state index in [9.17, 15) is 4.79 Å². The molecular formula is C21H21N5O. The predicted octanol–water partition coefficient (Wildman–Crippen LogP) is 2.80. The molecule has 0 saturated carbocycles. The topological polar surface area (TPSA) is 93.8 Å². The molecule has 136 valence electrons. The number of nitrogens with zero attached hydrogens (tertiary/aromatic N) is 3. The van der Waals surface area contributed by atoms with Gasteiger partial charge in [0.05, 0.1) is 5.56 Å². The monoisotopic (exact) mass is 359 g/mol. The second kappa shape index (κ2) is 7.53. The Morgan fingerprint density at radius 2 is 1.89 bits per heavy atom. The van der Waals surface area contributed by atoms with Crippen molar-refractivity contribution in [3.8, 4) is 11.5 Å². The summed E-state index contributed by atoms with van der Waals surface area (Å²) >= 11 is 0. The van der Waals surface area contributed by atoms with Crippen LogP contribution in [0.25, 0.3) is 11.5 Å². The van der Waals surface area contributed by atoms with Gasteiger partial charge in [0.25, 0.3) is 5.91 Å². The number of fused-ring (bicyclic) bond motifs is 1. The van der Waals surface area contributed by atoms with Gasteiger partial charge in [0, 0.05) is 18.4 Å². The molecule has 1 unspecified atom stereocenters. The Balaban J connectivity index is 1.50. The molecule has 0 spiro atoms. The molecule has 1 aromatic carbocycles. The van der Waals surface area contributed by atoms with Crippen LogP contribution in [0.3, 0.4) is 0 Å². The number of pyridine rings is 1. The summed E-state index contributed by atoms with van der Waals surface area (Å²) in [6.07, 6.45) is 7.01. The molecule has 0 aliphatic heterocycles. The van der Waals surface area contributed by atoms with Crippen molar-refractivity contribution in [1.29, 1.82) is 0 Å². The third-order valence-corrected chi connectivity index (χ3v) is 4.88. The van der Waals surface area contributed by atoms with Crippen molar-refractivity contribution in [3.63, 3.8) is 0 Å². The van der Waals surface area contributed by atoms with Crippen molar-refractivity contribution in [2.75, 3.05) is 5.73 Å². The maximum absolute atomic E-state index is 12.7. The minimum Gasteiger partial charge on any atom is -0.383 e. The summed E-state index contributed by atoms with van der Waals surface area (Å²) < 4.78 is 0. The molecule has 4 rings (SSSR count). The lowest BCUT2D eigenvalue weighted by Crippen LogP contribution is -2.36. The number of rotatable bonds is 3. The largest absolute Gasteiger partial charge is 0.383 e. The van der Waals surface area contributed by atoms with Crippen LogP contribution in [-0.4, -0.2) is 26.9 Å². The van der Waals surface area contributed by atoms with E-state index in [1.54, 1.807) is 12.3 Å². The summed E-state index contributed by atoms with van der Waals surface area (Å²) in [5.41, 5.74) is 9.63. The van der Waals surface area contributed by atoms with Crippen molar-refractivity contribution in [2.45, 2.75) is 31.7 Å². The summed E-state index contributed by atoms with van der Waals surface area (Å²) in [6.45, 7) is 0. The van der Waals surface area contributed by atoms with E-state index in [-0.39, 0.29) is 17.8 Å². The van der Waals surface area contributed by atoms with Crippen LogP contribution < -0.4 is 11.1 Å². The molecule has 1 amide bonds. The van der Waals surface area contributed by atoms with Crippen LogP contribution in [0.15, 0.2) is 54.9 Å². The number of amides is 1. The van der Waals surface area contributed by atoms with E-state index in [2.05, 4.69) is 38.5 Å². The van der Waals surface area contributed by atoms with Crippen molar-refractivity contribution in [2.24, 2.45) is 0 Å². The van der Waals surface area contributed by atoms with E-state index < -0.39 is 0 Å². The molecule has 0 saturated heterocycles. The molecular weight excluding hydrogens is 338 g/mol. The third-order valence-electron chi connectivity index (χ3n) is 4.88. The van der Waals surface area contributed by atoms with E-state index in [1.165, 1.54) is 17.3 Å².